The molecular formula is C23H16BrClN2O2. The van der Waals surface area contributed by atoms with Crippen molar-refractivity contribution in [3.8, 4) is 11.8 Å². The number of nitriles is 1. The summed E-state index contributed by atoms with van der Waals surface area (Å²) in [6, 6.07) is 23.7. The van der Waals surface area contributed by atoms with Crippen molar-refractivity contribution in [3.63, 3.8) is 0 Å². The van der Waals surface area contributed by atoms with Gasteiger partial charge in [0, 0.05) is 26.3 Å². The average molecular weight is 468 g/mol. The smallest absolute Gasteiger partial charge is 0.266 e. The van der Waals surface area contributed by atoms with Gasteiger partial charge in [-0.1, -0.05) is 70.0 Å². The molecule has 0 fully saturated rings. The third kappa shape index (κ3) is 5.71. The topological polar surface area (TPSA) is 62.1 Å². The van der Waals surface area contributed by atoms with E-state index in [9.17, 15) is 10.1 Å². The first kappa shape index (κ1) is 20.7. The minimum atomic E-state index is -0.494. The molecule has 3 aromatic rings. The molecule has 4 nitrogen and oxygen atoms in total. The zero-order valence-electron chi connectivity index (χ0n) is 15.2. The number of halogens is 2. The molecule has 3 aromatic carbocycles. The second-order valence-corrected chi connectivity index (χ2v) is 7.38. The Bertz CT molecular complexity index is 1110. The van der Waals surface area contributed by atoms with Gasteiger partial charge in [0.2, 0.25) is 0 Å². The van der Waals surface area contributed by atoms with Crippen LogP contribution < -0.4 is 10.1 Å². The molecule has 0 aliphatic carbocycles. The predicted octanol–water partition coefficient (Wildman–Crippen LogP) is 6.23. The molecule has 0 heterocycles. The predicted molar refractivity (Wildman–Crippen MR) is 119 cm³/mol. The maximum atomic E-state index is 12.5. The second kappa shape index (κ2) is 9.92. The van der Waals surface area contributed by atoms with Crippen LogP contribution in [0.15, 0.2) is 82.8 Å². The van der Waals surface area contributed by atoms with E-state index in [0.717, 1.165) is 10.0 Å². The first-order chi connectivity index (χ1) is 14.1. The summed E-state index contributed by atoms with van der Waals surface area (Å²) < 4.78 is 6.72. The quantitative estimate of drug-likeness (QED) is 0.345. The Hall–Kier alpha value is -3.07. The first-order valence-corrected chi connectivity index (χ1v) is 9.88. The molecule has 1 amide bonds. The summed E-state index contributed by atoms with van der Waals surface area (Å²) in [5.74, 6) is 0.0573. The lowest BCUT2D eigenvalue weighted by atomic mass is 10.1. The van der Waals surface area contributed by atoms with Gasteiger partial charge in [-0.05, 0) is 36.4 Å². The highest BCUT2D eigenvalue weighted by Gasteiger charge is 2.12. The molecule has 0 aliphatic heterocycles. The SMILES string of the molecule is N#C/C(=C/c1ccccc1OCc1ccccc1Cl)C(=O)Nc1cccc(Br)c1. The van der Waals surface area contributed by atoms with Gasteiger partial charge in [-0.3, -0.25) is 4.79 Å². The fourth-order valence-electron chi connectivity index (χ4n) is 2.57. The molecule has 0 saturated carbocycles. The third-order valence-electron chi connectivity index (χ3n) is 4.01. The van der Waals surface area contributed by atoms with E-state index in [1.165, 1.54) is 6.08 Å². The van der Waals surface area contributed by atoms with Gasteiger partial charge in [0.15, 0.2) is 0 Å². The fourth-order valence-corrected chi connectivity index (χ4v) is 3.16. The molecule has 0 saturated heterocycles. The van der Waals surface area contributed by atoms with Crippen LogP contribution in [0.5, 0.6) is 5.75 Å². The summed E-state index contributed by atoms with van der Waals surface area (Å²) in [7, 11) is 0. The summed E-state index contributed by atoms with van der Waals surface area (Å²) in [4.78, 5) is 12.5. The number of anilines is 1. The first-order valence-electron chi connectivity index (χ1n) is 8.71. The van der Waals surface area contributed by atoms with Crippen molar-refractivity contribution in [3.05, 3.63) is 99.0 Å². The van der Waals surface area contributed by atoms with Crippen LogP contribution in [-0.4, -0.2) is 5.91 Å². The van der Waals surface area contributed by atoms with Crippen molar-refractivity contribution >= 4 is 45.2 Å². The maximum Gasteiger partial charge on any atom is 0.266 e. The molecule has 0 unspecified atom stereocenters. The van der Waals surface area contributed by atoms with Crippen LogP contribution in [-0.2, 0) is 11.4 Å². The second-order valence-electron chi connectivity index (χ2n) is 6.05. The number of ether oxygens (including phenoxy) is 1. The Kier molecular flexibility index (Phi) is 7.07. The van der Waals surface area contributed by atoms with Gasteiger partial charge in [-0.25, -0.2) is 0 Å². The summed E-state index contributed by atoms with van der Waals surface area (Å²) >= 11 is 9.53. The van der Waals surface area contributed by atoms with Crippen LogP contribution >= 0.6 is 27.5 Å². The lowest BCUT2D eigenvalue weighted by molar-refractivity contribution is -0.112. The molecule has 144 valence electrons. The number of carbonyl (C=O) groups is 1. The van der Waals surface area contributed by atoms with Crippen LogP contribution in [0.3, 0.4) is 0 Å². The van der Waals surface area contributed by atoms with Crippen LogP contribution in [0.1, 0.15) is 11.1 Å². The molecule has 6 heteroatoms. The van der Waals surface area contributed by atoms with Crippen LogP contribution in [0.25, 0.3) is 6.08 Å². The molecule has 0 bridgehead atoms. The van der Waals surface area contributed by atoms with Crippen LogP contribution in [0, 0.1) is 11.3 Å². The van der Waals surface area contributed by atoms with Crippen molar-refractivity contribution in [2.45, 2.75) is 6.61 Å². The van der Waals surface area contributed by atoms with Gasteiger partial charge in [0.25, 0.3) is 5.91 Å². The molecule has 1 N–H and O–H groups in total. The average Bonchev–Trinajstić information content (AvgIpc) is 2.72. The Morgan fingerprint density at radius 1 is 1.10 bits per heavy atom. The van der Waals surface area contributed by atoms with E-state index in [1.54, 1.807) is 36.4 Å². The molecule has 0 aromatic heterocycles. The molecule has 3 rings (SSSR count). The molecule has 0 atom stereocenters. The molecular weight excluding hydrogens is 452 g/mol. The minimum absolute atomic E-state index is 0.0289. The summed E-state index contributed by atoms with van der Waals surface area (Å²) in [6.45, 7) is 0.274. The van der Waals surface area contributed by atoms with E-state index in [2.05, 4.69) is 21.2 Å². The van der Waals surface area contributed by atoms with Crippen molar-refractivity contribution in [1.82, 2.24) is 0 Å². The normalized spacial score (nSPS) is 10.9. The largest absolute Gasteiger partial charge is 0.488 e. The van der Waals surface area contributed by atoms with Gasteiger partial charge in [-0.2, -0.15) is 5.26 Å². The van der Waals surface area contributed by atoms with E-state index in [-0.39, 0.29) is 12.2 Å². The fraction of sp³-hybridized carbons (Fsp3) is 0.0435. The van der Waals surface area contributed by atoms with Crippen molar-refractivity contribution in [2.75, 3.05) is 5.32 Å². The number of carbonyl (C=O) groups excluding carboxylic acids is 1. The van der Waals surface area contributed by atoms with E-state index in [0.29, 0.717) is 22.0 Å². The summed E-state index contributed by atoms with van der Waals surface area (Å²) in [5.41, 5.74) is 2.04. The zero-order valence-corrected chi connectivity index (χ0v) is 17.6. The van der Waals surface area contributed by atoms with E-state index in [1.807, 2.05) is 42.5 Å². The van der Waals surface area contributed by atoms with Crippen LogP contribution in [0.2, 0.25) is 5.02 Å². The minimum Gasteiger partial charge on any atom is -0.488 e. The number of amides is 1. The monoisotopic (exact) mass is 466 g/mol. The molecule has 0 spiro atoms. The number of nitrogens with one attached hydrogen (secondary N) is 1. The van der Waals surface area contributed by atoms with E-state index >= 15 is 0 Å². The number of hydrogen-bond acceptors (Lipinski definition) is 3. The maximum absolute atomic E-state index is 12.5. The number of benzene rings is 3. The summed E-state index contributed by atoms with van der Waals surface area (Å²) in [6.07, 6.45) is 1.51. The highest BCUT2D eigenvalue weighted by molar-refractivity contribution is 9.10. The Morgan fingerprint density at radius 2 is 1.86 bits per heavy atom. The van der Waals surface area contributed by atoms with E-state index in [4.69, 9.17) is 16.3 Å². The molecule has 0 aliphatic rings. The highest BCUT2D eigenvalue weighted by atomic mass is 79.9. The van der Waals surface area contributed by atoms with Crippen molar-refractivity contribution < 1.29 is 9.53 Å². The van der Waals surface area contributed by atoms with Gasteiger partial charge < -0.3 is 10.1 Å². The molecule has 29 heavy (non-hydrogen) atoms. The summed E-state index contributed by atoms with van der Waals surface area (Å²) in [5, 5.41) is 12.8. The zero-order chi connectivity index (χ0) is 20.6. The van der Waals surface area contributed by atoms with Gasteiger partial charge in [0.1, 0.15) is 24.0 Å². The highest BCUT2D eigenvalue weighted by Crippen LogP contribution is 2.24. The van der Waals surface area contributed by atoms with Gasteiger partial charge in [-0.15, -0.1) is 0 Å². The lowest BCUT2D eigenvalue weighted by Crippen LogP contribution is -2.13. The Labute approximate surface area is 182 Å². The third-order valence-corrected chi connectivity index (χ3v) is 4.87. The van der Waals surface area contributed by atoms with Gasteiger partial charge in [0.05, 0.1) is 0 Å². The van der Waals surface area contributed by atoms with Gasteiger partial charge >= 0.3 is 0 Å². The Balaban J connectivity index is 1.80. The standard InChI is InChI=1S/C23H16BrClN2O2/c24-19-8-5-9-20(13-19)27-23(28)18(14-26)12-16-6-2-4-11-22(16)29-15-17-7-1-3-10-21(17)25/h1-13H,15H2,(H,27,28)/b18-12-. The number of rotatable bonds is 6. The Morgan fingerprint density at radius 3 is 2.62 bits per heavy atom. The number of hydrogen-bond donors (Lipinski definition) is 1. The molecule has 0 radical (unpaired) electrons. The number of para-hydroxylation sites is 1. The van der Waals surface area contributed by atoms with E-state index < -0.39 is 5.91 Å². The van der Waals surface area contributed by atoms with Crippen LogP contribution in [0.4, 0.5) is 5.69 Å². The van der Waals surface area contributed by atoms with Crippen molar-refractivity contribution in [1.29, 1.82) is 5.26 Å². The van der Waals surface area contributed by atoms with Crippen molar-refractivity contribution in [2.24, 2.45) is 0 Å². The number of nitrogens with zero attached hydrogens (tertiary/aromatic N) is 1. The lowest BCUT2D eigenvalue weighted by Gasteiger charge is -2.11.